The van der Waals surface area contributed by atoms with Crippen molar-refractivity contribution in [2.24, 2.45) is 0 Å². The fourth-order valence-corrected chi connectivity index (χ4v) is 3.38. The number of phenolic OH excluding ortho intramolecular Hbond substituents is 1. The minimum atomic E-state index is -0.269. The molecule has 4 aromatic rings. The fraction of sp³-hybridized carbons (Fsp3) is 0.174. The smallest absolute Gasteiger partial charge is 0.255 e. The average molecular weight is 402 g/mol. The number of para-hydroxylation sites is 1. The number of unbranched alkanes of at least 4 members (excludes halogenated alkanes) is 1. The van der Waals surface area contributed by atoms with Crippen LogP contribution in [0.25, 0.3) is 22.0 Å². The maximum Gasteiger partial charge on any atom is 0.255 e. The molecular weight excluding hydrogens is 380 g/mol. The Balaban J connectivity index is 1.32. The highest BCUT2D eigenvalue weighted by Crippen LogP contribution is 2.26. The summed E-state index contributed by atoms with van der Waals surface area (Å²) >= 11 is 0. The number of aromatic amines is 1. The minimum absolute atomic E-state index is 0.000383. The Kier molecular flexibility index (Phi) is 5.61. The number of H-pyrrole nitrogens is 1. The minimum Gasteiger partial charge on any atom is -0.507 e. The summed E-state index contributed by atoms with van der Waals surface area (Å²) in [5, 5.41) is 30.5. The van der Waals surface area contributed by atoms with Crippen LogP contribution < -0.4 is 5.32 Å². The number of fused-ring (bicyclic) bond motifs is 1. The summed E-state index contributed by atoms with van der Waals surface area (Å²) < 4.78 is 0. The summed E-state index contributed by atoms with van der Waals surface area (Å²) in [6.07, 6.45) is 4.12. The first-order valence-electron chi connectivity index (χ1n) is 9.80. The first-order valence-corrected chi connectivity index (χ1v) is 9.80. The Bertz CT molecular complexity index is 1170. The molecule has 4 rings (SSSR count). The van der Waals surface area contributed by atoms with Gasteiger partial charge in [-0.2, -0.15) is 5.10 Å². The second kappa shape index (κ2) is 8.65. The van der Waals surface area contributed by atoms with Crippen LogP contribution in [0.5, 0.6) is 11.6 Å². The normalized spacial score (nSPS) is 10.9. The lowest BCUT2D eigenvalue weighted by Gasteiger charge is -2.06. The molecular formula is C23H22N4O3. The van der Waals surface area contributed by atoms with Crippen LogP contribution in [-0.4, -0.2) is 37.8 Å². The van der Waals surface area contributed by atoms with E-state index in [4.69, 9.17) is 0 Å². The van der Waals surface area contributed by atoms with E-state index < -0.39 is 0 Å². The zero-order valence-electron chi connectivity index (χ0n) is 16.3. The van der Waals surface area contributed by atoms with Gasteiger partial charge in [0.25, 0.3) is 5.91 Å². The molecule has 7 heteroatoms. The van der Waals surface area contributed by atoms with Crippen molar-refractivity contribution >= 4 is 16.8 Å². The molecule has 0 fully saturated rings. The van der Waals surface area contributed by atoms with Crippen LogP contribution >= 0.6 is 0 Å². The van der Waals surface area contributed by atoms with Gasteiger partial charge in [0.1, 0.15) is 5.75 Å². The van der Waals surface area contributed by atoms with Crippen molar-refractivity contribution in [2.75, 3.05) is 6.54 Å². The Labute approximate surface area is 173 Å². The number of hydrogen-bond donors (Lipinski definition) is 4. The predicted molar refractivity (Wildman–Crippen MR) is 114 cm³/mol. The third-order valence-electron chi connectivity index (χ3n) is 5.00. The summed E-state index contributed by atoms with van der Waals surface area (Å²) in [4.78, 5) is 16.0. The van der Waals surface area contributed by atoms with Gasteiger partial charge in [0.2, 0.25) is 5.88 Å². The van der Waals surface area contributed by atoms with Crippen LogP contribution in [0.4, 0.5) is 0 Å². The van der Waals surface area contributed by atoms with Gasteiger partial charge in [-0.1, -0.05) is 24.3 Å². The lowest BCUT2D eigenvalue weighted by molar-refractivity contribution is 0.0950. The van der Waals surface area contributed by atoms with Crippen molar-refractivity contribution in [1.29, 1.82) is 0 Å². The van der Waals surface area contributed by atoms with Gasteiger partial charge in [-0.05, 0) is 49.1 Å². The highest BCUT2D eigenvalue weighted by Gasteiger charge is 2.10. The van der Waals surface area contributed by atoms with Crippen LogP contribution in [0.1, 0.15) is 28.9 Å². The molecule has 0 saturated heterocycles. The number of aryl methyl sites for hydroxylation is 1. The van der Waals surface area contributed by atoms with Crippen molar-refractivity contribution in [1.82, 2.24) is 20.5 Å². The number of amides is 1. The summed E-state index contributed by atoms with van der Waals surface area (Å²) in [5.41, 5.74) is 4.15. The zero-order chi connectivity index (χ0) is 20.9. The van der Waals surface area contributed by atoms with Gasteiger partial charge < -0.3 is 15.5 Å². The van der Waals surface area contributed by atoms with Crippen LogP contribution in [0.3, 0.4) is 0 Å². The monoisotopic (exact) mass is 402 g/mol. The third-order valence-corrected chi connectivity index (χ3v) is 5.00. The summed E-state index contributed by atoms with van der Waals surface area (Å²) in [5.74, 6) is -0.282. The molecule has 2 aromatic heterocycles. The number of benzene rings is 2. The summed E-state index contributed by atoms with van der Waals surface area (Å²) in [6, 6.07) is 16.0. The van der Waals surface area contributed by atoms with E-state index in [0.717, 1.165) is 47.0 Å². The molecule has 0 bridgehead atoms. The molecule has 0 atom stereocenters. The summed E-state index contributed by atoms with van der Waals surface area (Å²) in [7, 11) is 0. The number of nitrogens with zero attached hydrogens (tertiary/aromatic N) is 2. The molecule has 0 spiro atoms. The highest BCUT2D eigenvalue weighted by molar-refractivity contribution is 5.96. The van der Waals surface area contributed by atoms with Gasteiger partial charge in [-0.15, -0.1) is 0 Å². The van der Waals surface area contributed by atoms with Gasteiger partial charge in [0.05, 0.1) is 16.8 Å². The maximum atomic E-state index is 12.1. The number of carbonyl (C=O) groups excluding carboxylic acids is 1. The first kappa shape index (κ1) is 19.4. The van der Waals surface area contributed by atoms with Gasteiger partial charge in [-0.3, -0.25) is 9.89 Å². The molecule has 0 aliphatic carbocycles. The fourth-order valence-electron chi connectivity index (χ4n) is 3.38. The Morgan fingerprint density at radius 2 is 1.83 bits per heavy atom. The molecule has 0 aliphatic rings. The molecule has 4 N–H and O–H groups in total. The number of carbonyl (C=O) groups is 1. The first-order chi connectivity index (χ1) is 14.6. The topological polar surface area (TPSA) is 111 Å². The number of pyridine rings is 1. The van der Waals surface area contributed by atoms with Gasteiger partial charge in [-0.25, -0.2) is 4.98 Å². The maximum absolute atomic E-state index is 12.1. The molecule has 0 unspecified atom stereocenters. The number of hydrogen-bond acceptors (Lipinski definition) is 5. The molecule has 0 aliphatic heterocycles. The van der Waals surface area contributed by atoms with Crippen molar-refractivity contribution in [3.05, 3.63) is 72.1 Å². The Hall–Kier alpha value is -3.87. The molecule has 0 radical (unpaired) electrons. The van der Waals surface area contributed by atoms with Crippen LogP contribution in [0.2, 0.25) is 0 Å². The number of aromatic nitrogens is 3. The second-order valence-electron chi connectivity index (χ2n) is 7.07. The Morgan fingerprint density at radius 3 is 2.63 bits per heavy atom. The van der Waals surface area contributed by atoms with E-state index in [2.05, 4.69) is 20.5 Å². The molecule has 2 heterocycles. The van der Waals surface area contributed by atoms with Crippen molar-refractivity contribution in [3.8, 4) is 22.8 Å². The molecule has 152 valence electrons. The van der Waals surface area contributed by atoms with Gasteiger partial charge >= 0.3 is 0 Å². The van der Waals surface area contributed by atoms with Crippen molar-refractivity contribution < 1.29 is 15.0 Å². The highest BCUT2D eigenvalue weighted by atomic mass is 16.3. The van der Waals surface area contributed by atoms with E-state index in [1.807, 2.05) is 24.3 Å². The summed E-state index contributed by atoms with van der Waals surface area (Å²) in [6.45, 7) is 0.535. The van der Waals surface area contributed by atoms with E-state index in [1.54, 1.807) is 30.5 Å². The van der Waals surface area contributed by atoms with E-state index in [9.17, 15) is 15.0 Å². The van der Waals surface area contributed by atoms with E-state index in [1.165, 1.54) is 6.07 Å². The largest absolute Gasteiger partial charge is 0.507 e. The average Bonchev–Trinajstić information content (AvgIpc) is 3.16. The quantitative estimate of drug-likeness (QED) is 0.352. The van der Waals surface area contributed by atoms with Gasteiger partial charge in [0.15, 0.2) is 0 Å². The van der Waals surface area contributed by atoms with Crippen LogP contribution in [0.15, 0.2) is 60.8 Å². The second-order valence-corrected chi connectivity index (χ2v) is 7.07. The standard InChI is InChI=1S/C23H22N4O3/c28-21-7-2-1-5-18(21)23(30)24-12-4-3-6-19-17-10-8-15(13-20(17)27-26-19)16-9-11-22(29)25-14-16/h1-2,5,7-11,13-14,28H,3-4,6,12H2,(H,24,30)(H,25,29)(H,26,27). The van der Waals surface area contributed by atoms with Crippen molar-refractivity contribution in [2.45, 2.75) is 19.3 Å². The van der Waals surface area contributed by atoms with E-state index in [-0.39, 0.29) is 23.1 Å². The molecule has 0 saturated carbocycles. The van der Waals surface area contributed by atoms with Crippen LogP contribution in [0, 0.1) is 0 Å². The number of nitrogens with one attached hydrogen (secondary N) is 2. The molecule has 2 aromatic carbocycles. The molecule has 1 amide bonds. The number of phenols is 1. The van der Waals surface area contributed by atoms with Crippen molar-refractivity contribution in [3.63, 3.8) is 0 Å². The predicted octanol–water partition coefficient (Wildman–Crippen LogP) is 3.79. The van der Waals surface area contributed by atoms with Gasteiger partial charge in [0, 0.05) is 29.8 Å². The number of rotatable bonds is 7. The lowest BCUT2D eigenvalue weighted by atomic mass is 10.0. The number of aromatic hydroxyl groups is 2. The van der Waals surface area contributed by atoms with E-state index >= 15 is 0 Å². The molecule has 7 nitrogen and oxygen atoms in total. The van der Waals surface area contributed by atoms with E-state index in [0.29, 0.717) is 6.54 Å². The Morgan fingerprint density at radius 1 is 1.00 bits per heavy atom. The third kappa shape index (κ3) is 4.25. The lowest BCUT2D eigenvalue weighted by Crippen LogP contribution is -2.24. The molecule has 30 heavy (non-hydrogen) atoms. The van der Waals surface area contributed by atoms with Crippen LogP contribution in [-0.2, 0) is 6.42 Å². The zero-order valence-corrected chi connectivity index (χ0v) is 16.3. The SMILES string of the molecule is O=C(NCCCCc1n[nH]c2cc(-c3ccc(O)nc3)ccc12)c1ccccc1O.